The average molecular weight is 320 g/mol. The van der Waals surface area contributed by atoms with Crippen molar-refractivity contribution in [3.63, 3.8) is 0 Å². The lowest BCUT2D eigenvalue weighted by atomic mass is 10.2. The van der Waals surface area contributed by atoms with Gasteiger partial charge in [0.1, 0.15) is 5.75 Å². The van der Waals surface area contributed by atoms with Crippen LogP contribution in [0.2, 0.25) is 0 Å². The summed E-state index contributed by atoms with van der Waals surface area (Å²) in [5.41, 5.74) is 0.911. The van der Waals surface area contributed by atoms with Gasteiger partial charge >= 0.3 is 0 Å². The highest BCUT2D eigenvalue weighted by atomic mass is 16.5. The van der Waals surface area contributed by atoms with Crippen LogP contribution in [0.4, 0.5) is 5.69 Å². The molecule has 0 radical (unpaired) electrons. The highest BCUT2D eigenvalue weighted by molar-refractivity contribution is 5.80. The zero-order valence-corrected chi connectivity index (χ0v) is 14.2. The minimum Gasteiger partial charge on any atom is -0.506 e. The summed E-state index contributed by atoms with van der Waals surface area (Å²) < 4.78 is 5.07. The SMILES string of the molecule is CCNC(=NCCCOC)N1CCN(c2ccccc2O)CC1. The van der Waals surface area contributed by atoms with Crippen LogP contribution in [0.1, 0.15) is 13.3 Å². The predicted molar refractivity (Wildman–Crippen MR) is 94.4 cm³/mol. The minimum absolute atomic E-state index is 0.348. The normalized spacial score (nSPS) is 15.8. The van der Waals surface area contributed by atoms with Gasteiger partial charge in [-0.05, 0) is 25.5 Å². The highest BCUT2D eigenvalue weighted by Crippen LogP contribution is 2.27. The molecule has 0 aromatic heterocycles. The van der Waals surface area contributed by atoms with Crippen LogP contribution in [-0.2, 0) is 4.74 Å². The van der Waals surface area contributed by atoms with E-state index in [0.717, 1.165) is 63.9 Å². The van der Waals surface area contributed by atoms with E-state index in [1.54, 1.807) is 13.2 Å². The van der Waals surface area contributed by atoms with Crippen molar-refractivity contribution in [1.82, 2.24) is 10.2 Å². The number of rotatable bonds is 6. The standard InChI is InChI=1S/C17H28N4O2/c1-3-18-17(19-9-6-14-23-2)21-12-10-20(11-13-21)15-7-4-5-8-16(15)22/h4-5,7-8,22H,3,6,9-14H2,1-2H3,(H,18,19). The van der Waals surface area contributed by atoms with Crippen LogP contribution in [0.25, 0.3) is 0 Å². The Bertz CT molecular complexity index is 499. The number of phenols is 1. The third kappa shape index (κ3) is 5.03. The Morgan fingerprint density at radius 3 is 2.65 bits per heavy atom. The first-order valence-corrected chi connectivity index (χ1v) is 8.31. The van der Waals surface area contributed by atoms with Gasteiger partial charge in [0.2, 0.25) is 0 Å². The number of methoxy groups -OCH3 is 1. The molecule has 1 aromatic carbocycles. The highest BCUT2D eigenvalue weighted by Gasteiger charge is 2.21. The molecule has 6 nitrogen and oxygen atoms in total. The van der Waals surface area contributed by atoms with Crippen molar-refractivity contribution in [2.45, 2.75) is 13.3 Å². The molecule has 6 heteroatoms. The summed E-state index contributed by atoms with van der Waals surface area (Å²) in [7, 11) is 1.72. The van der Waals surface area contributed by atoms with Gasteiger partial charge in [-0.1, -0.05) is 12.1 Å². The maximum absolute atomic E-state index is 9.99. The fraction of sp³-hybridized carbons (Fsp3) is 0.588. The van der Waals surface area contributed by atoms with Crippen molar-refractivity contribution in [2.75, 3.05) is 57.9 Å². The molecule has 0 unspecified atom stereocenters. The number of nitrogens with one attached hydrogen (secondary N) is 1. The zero-order valence-electron chi connectivity index (χ0n) is 14.2. The number of guanidine groups is 1. The predicted octanol–water partition coefficient (Wildman–Crippen LogP) is 1.52. The van der Waals surface area contributed by atoms with Gasteiger partial charge < -0.3 is 25.0 Å². The molecule has 2 rings (SSSR count). The number of benzene rings is 1. The number of nitrogens with zero attached hydrogens (tertiary/aromatic N) is 3. The Kier molecular flexibility index (Phi) is 7.00. The van der Waals surface area contributed by atoms with Gasteiger partial charge in [0.05, 0.1) is 5.69 Å². The van der Waals surface area contributed by atoms with Crippen LogP contribution in [0, 0.1) is 0 Å². The Labute approximate surface area is 138 Å². The molecule has 0 spiro atoms. The van der Waals surface area contributed by atoms with Crippen LogP contribution in [0.5, 0.6) is 5.75 Å². The van der Waals surface area contributed by atoms with Crippen LogP contribution in [0.15, 0.2) is 29.3 Å². The molecule has 1 aliphatic rings. The summed E-state index contributed by atoms with van der Waals surface area (Å²) in [5, 5.41) is 13.3. The zero-order chi connectivity index (χ0) is 16.5. The Balaban J connectivity index is 1.91. The molecule has 1 aliphatic heterocycles. The van der Waals surface area contributed by atoms with E-state index in [1.165, 1.54) is 0 Å². The van der Waals surface area contributed by atoms with Gasteiger partial charge in [0.25, 0.3) is 0 Å². The van der Waals surface area contributed by atoms with Crippen LogP contribution in [-0.4, -0.2) is 69.0 Å². The van der Waals surface area contributed by atoms with E-state index in [9.17, 15) is 5.11 Å². The van der Waals surface area contributed by atoms with Crippen molar-refractivity contribution < 1.29 is 9.84 Å². The van der Waals surface area contributed by atoms with Crippen LogP contribution < -0.4 is 10.2 Å². The van der Waals surface area contributed by atoms with Gasteiger partial charge in [-0.3, -0.25) is 4.99 Å². The van der Waals surface area contributed by atoms with Crippen molar-refractivity contribution >= 4 is 11.6 Å². The molecule has 1 saturated heterocycles. The Hall–Kier alpha value is -1.95. The van der Waals surface area contributed by atoms with Crippen molar-refractivity contribution in [3.05, 3.63) is 24.3 Å². The Morgan fingerprint density at radius 1 is 1.26 bits per heavy atom. The van der Waals surface area contributed by atoms with Gasteiger partial charge in [0, 0.05) is 53.0 Å². The molecule has 0 amide bonds. The Morgan fingerprint density at radius 2 is 2.00 bits per heavy atom. The molecule has 2 N–H and O–H groups in total. The quantitative estimate of drug-likeness (QED) is 0.473. The summed E-state index contributed by atoms with van der Waals surface area (Å²) in [6.45, 7) is 8.00. The van der Waals surface area contributed by atoms with E-state index in [2.05, 4.69) is 27.0 Å². The minimum atomic E-state index is 0.348. The fourth-order valence-corrected chi connectivity index (χ4v) is 2.71. The summed E-state index contributed by atoms with van der Waals surface area (Å²) in [6.07, 6.45) is 0.934. The number of anilines is 1. The molecular formula is C17H28N4O2. The maximum Gasteiger partial charge on any atom is 0.194 e. The largest absolute Gasteiger partial charge is 0.506 e. The maximum atomic E-state index is 9.99. The van der Waals surface area contributed by atoms with E-state index in [4.69, 9.17) is 4.74 Å². The molecule has 1 aromatic rings. The smallest absolute Gasteiger partial charge is 0.194 e. The van der Waals surface area contributed by atoms with Crippen LogP contribution in [0.3, 0.4) is 0 Å². The van der Waals surface area contributed by atoms with Crippen molar-refractivity contribution in [2.24, 2.45) is 4.99 Å². The lowest BCUT2D eigenvalue weighted by Gasteiger charge is -2.37. The molecule has 23 heavy (non-hydrogen) atoms. The molecule has 0 atom stereocenters. The first kappa shape index (κ1) is 17.4. The summed E-state index contributed by atoms with van der Waals surface area (Å²) in [5.74, 6) is 1.32. The second-order valence-electron chi connectivity index (χ2n) is 5.54. The van der Waals surface area contributed by atoms with E-state index < -0.39 is 0 Å². The van der Waals surface area contributed by atoms with E-state index in [1.807, 2.05) is 18.2 Å². The second-order valence-corrected chi connectivity index (χ2v) is 5.54. The number of piperazine rings is 1. The molecule has 1 heterocycles. The number of para-hydroxylation sites is 2. The van der Waals surface area contributed by atoms with Crippen LogP contribution >= 0.6 is 0 Å². The number of hydrogen-bond donors (Lipinski definition) is 2. The van der Waals surface area contributed by atoms with E-state index in [0.29, 0.717) is 5.75 Å². The summed E-state index contributed by atoms with van der Waals surface area (Å²) >= 11 is 0. The number of hydrogen-bond acceptors (Lipinski definition) is 4. The molecule has 0 bridgehead atoms. The lowest BCUT2D eigenvalue weighted by molar-refractivity contribution is 0.197. The second kappa shape index (κ2) is 9.25. The monoisotopic (exact) mass is 320 g/mol. The summed E-state index contributed by atoms with van der Waals surface area (Å²) in [4.78, 5) is 9.18. The molecule has 128 valence electrons. The van der Waals surface area contributed by atoms with E-state index in [-0.39, 0.29) is 0 Å². The van der Waals surface area contributed by atoms with Gasteiger partial charge in [0.15, 0.2) is 5.96 Å². The van der Waals surface area contributed by atoms with Crippen molar-refractivity contribution in [1.29, 1.82) is 0 Å². The molecule has 1 fully saturated rings. The third-order valence-corrected chi connectivity index (χ3v) is 3.90. The average Bonchev–Trinajstić information content (AvgIpc) is 2.58. The van der Waals surface area contributed by atoms with E-state index >= 15 is 0 Å². The molecule has 0 saturated carbocycles. The molecule has 0 aliphatic carbocycles. The number of aliphatic imine (C=N–C) groups is 1. The van der Waals surface area contributed by atoms with Gasteiger partial charge in [-0.25, -0.2) is 0 Å². The first-order chi connectivity index (χ1) is 11.3. The van der Waals surface area contributed by atoms with Gasteiger partial charge in [-0.2, -0.15) is 0 Å². The number of phenolic OH excluding ortho intramolecular Hbond substituents is 1. The third-order valence-electron chi connectivity index (χ3n) is 3.90. The van der Waals surface area contributed by atoms with Gasteiger partial charge in [-0.15, -0.1) is 0 Å². The molecular weight excluding hydrogens is 292 g/mol. The lowest BCUT2D eigenvalue weighted by Crippen LogP contribution is -2.52. The first-order valence-electron chi connectivity index (χ1n) is 8.31. The van der Waals surface area contributed by atoms with Crippen molar-refractivity contribution in [3.8, 4) is 5.75 Å². The fourth-order valence-electron chi connectivity index (χ4n) is 2.71. The number of ether oxygens (including phenoxy) is 1. The number of aromatic hydroxyl groups is 1. The topological polar surface area (TPSA) is 60.3 Å². The summed E-state index contributed by atoms with van der Waals surface area (Å²) in [6, 6.07) is 7.52.